The predicted molar refractivity (Wildman–Crippen MR) is 151 cm³/mol. The van der Waals surface area contributed by atoms with Crippen LogP contribution in [-0.4, -0.2) is 47.5 Å². The molecular weight excluding hydrogens is 555 g/mol. The number of furan rings is 1. The first kappa shape index (κ1) is 28.4. The number of terminal acetylenes is 1. The lowest BCUT2D eigenvalue weighted by molar-refractivity contribution is -0.144. The Hall–Kier alpha value is -4.08. The average Bonchev–Trinajstić information content (AvgIpc) is 3.72. The number of amides is 1. The minimum absolute atomic E-state index is 0.0113. The normalized spacial score (nSPS) is 14.6. The van der Waals surface area contributed by atoms with Crippen LogP contribution in [0.1, 0.15) is 52.6 Å². The lowest BCUT2D eigenvalue weighted by Gasteiger charge is -2.18. The van der Waals surface area contributed by atoms with Gasteiger partial charge in [-0.2, -0.15) is 13.2 Å². The van der Waals surface area contributed by atoms with Gasteiger partial charge in [0, 0.05) is 12.1 Å². The van der Waals surface area contributed by atoms with Gasteiger partial charge in [0.2, 0.25) is 5.82 Å². The minimum Gasteiger partial charge on any atom is -0.497 e. The van der Waals surface area contributed by atoms with Gasteiger partial charge in [-0.3, -0.25) is 9.69 Å². The van der Waals surface area contributed by atoms with Gasteiger partial charge < -0.3 is 19.8 Å². The number of carbonyl (C=O) groups is 1. The molecule has 4 heterocycles. The molecular formula is C29H28F3N5O3S. The number of likely N-dealkylation sites (tertiary alicyclic amines) is 1. The molecule has 5 rings (SSSR count). The van der Waals surface area contributed by atoms with Gasteiger partial charge in [0.15, 0.2) is 0 Å². The van der Waals surface area contributed by atoms with Crippen LogP contribution in [0.4, 0.5) is 19.0 Å². The second-order valence-corrected chi connectivity index (χ2v) is 10.7. The predicted octanol–water partition coefficient (Wildman–Crippen LogP) is 6.11. The molecule has 12 heteroatoms. The number of carbonyl (C=O) groups excluding carboxylic acids is 1. The third-order valence-electron chi connectivity index (χ3n) is 6.80. The van der Waals surface area contributed by atoms with Crippen LogP contribution in [0.3, 0.4) is 0 Å². The van der Waals surface area contributed by atoms with E-state index >= 15 is 0 Å². The molecule has 214 valence electrons. The highest BCUT2D eigenvalue weighted by molar-refractivity contribution is 7.20. The van der Waals surface area contributed by atoms with Crippen LogP contribution in [0.5, 0.6) is 5.75 Å². The molecule has 0 radical (unpaired) electrons. The number of fused-ring (bicyclic) bond motifs is 1. The van der Waals surface area contributed by atoms with Crippen LogP contribution >= 0.6 is 11.3 Å². The van der Waals surface area contributed by atoms with Gasteiger partial charge in [-0.15, -0.1) is 17.8 Å². The molecule has 4 aromatic rings. The third kappa shape index (κ3) is 6.31. The van der Waals surface area contributed by atoms with E-state index in [1.54, 1.807) is 20.1 Å². The maximum Gasteiger partial charge on any atom is 0.451 e. The van der Waals surface area contributed by atoms with Gasteiger partial charge in [-0.1, -0.05) is 12.0 Å². The standard InChI is InChI=1S/C29H28F3N5O3S/c1-4-11-33-26(38)24-15-21-25(35-28(29(30,31)32)36-27(21)41-24)34-17(2)22-9-10-23(40-22)20-14-19(39-3)8-7-18(20)16-37-12-5-6-13-37/h1,7-10,14-15,17H,5-6,11-13,16H2,2-3H3,(H,33,38)(H,34,35,36). The highest BCUT2D eigenvalue weighted by Gasteiger charge is 2.36. The number of ether oxygens (including phenoxy) is 1. The topological polar surface area (TPSA) is 92.5 Å². The fourth-order valence-corrected chi connectivity index (χ4v) is 5.67. The minimum atomic E-state index is -4.78. The molecule has 2 N–H and O–H groups in total. The van der Waals surface area contributed by atoms with E-state index < -0.39 is 23.9 Å². The first-order valence-corrected chi connectivity index (χ1v) is 13.8. The SMILES string of the molecule is C#CCNC(=O)c1cc2c(NC(C)c3ccc(-c4cc(OC)ccc4CN4CCCC4)o3)nc(C(F)(F)F)nc2s1. The Morgan fingerprint density at radius 2 is 2.00 bits per heavy atom. The van der Waals surface area contributed by atoms with Gasteiger partial charge in [-0.05, 0) is 68.8 Å². The second kappa shape index (κ2) is 11.8. The number of anilines is 1. The fraction of sp³-hybridized carbons (Fsp3) is 0.345. The first-order chi connectivity index (χ1) is 19.7. The van der Waals surface area contributed by atoms with Crippen molar-refractivity contribution < 1.29 is 27.1 Å². The van der Waals surface area contributed by atoms with E-state index in [0.717, 1.165) is 42.1 Å². The van der Waals surface area contributed by atoms with E-state index in [0.29, 0.717) is 17.3 Å². The molecule has 1 unspecified atom stereocenters. The number of aromatic nitrogens is 2. The Kier molecular flexibility index (Phi) is 8.19. The number of rotatable bonds is 9. The summed E-state index contributed by atoms with van der Waals surface area (Å²) in [7, 11) is 1.60. The van der Waals surface area contributed by atoms with Crippen molar-refractivity contribution >= 4 is 33.3 Å². The summed E-state index contributed by atoms with van der Waals surface area (Å²) in [6, 6.07) is 10.4. The average molecular weight is 584 g/mol. The molecule has 1 amide bonds. The summed E-state index contributed by atoms with van der Waals surface area (Å²) in [4.78, 5) is 22.4. The Bertz CT molecular complexity index is 1600. The van der Waals surface area contributed by atoms with Gasteiger partial charge in [0.1, 0.15) is 27.9 Å². The van der Waals surface area contributed by atoms with Gasteiger partial charge >= 0.3 is 6.18 Å². The molecule has 1 saturated heterocycles. The van der Waals surface area contributed by atoms with Crippen LogP contribution in [0, 0.1) is 12.3 Å². The molecule has 0 spiro atoms. The van der Waals surface area contributed by atoms with Gasteiger partial charge in [0.05, 0.1) is 30.0 Å². The molecule has 0 bridgehead atoms. The highest BCUT2D eigenvalue weighted by Crippen LogP contribution is 2.37. The quantitative estimate of drug-likeness (QED) is 0.230. The maximum atomic E-state index is 13.6. The number of thiophene rings is 1. The fourth-order valence-electron chi connectivity index (χ4n) is 4.73. The first-order valence-electron chi connectivity index (χ1n) is 13.0. The van der Waals surface area contributed by atoms with Crippen LogP contribution < -0.4 is 15.4 Å². The monoisotopic (exact) mass is 583 g/mol. The Morgan fingerprint density at radius 1 is 1.22 bits per heavy atom. The lowest BCUT2D eigenvalue weighted by Crippen LogP contribution is -2.22. The smallest absolute Gasteiger partial charge is 0.451 e. The highest BCUT2D eigenvalue weighted by atomic mass is 32.1. The lowest BCUT2D eigenvalue weighted by atomic mass is 10.0. The number of halogens is 3. The summed E-state index contributed by atoms with van der Waals surface area (Å²) in [5.41, 5.74) is 1.98. The zero-order valence-electron chi connectivity index (χ0n) is 22.5. The number of alkyl halides is 3. The molecule has 0 aliphatic carbocycles. The van der Waals surface area contributed by atoms with E-state index in [1.807, 2.05) is 24.3 Å². The summed E-state index contributed by atoms with van der Waals surface area (Å²) in [5.74, 6) is 2.23. The van der Waals surface area contributed by atoms with Crippen LogP contribution in [-0.2, 0) is 12.7 Å². The van der Waals surface area contributed by atoms with Crippen LogP contribution in [0.25, 0.3) is 21.5 Å². The largest absolute Gasteiger partial charge is 0.497 e. The van der Waals surface area contributed by atoms with Crippen molar-refractivity contribution in [2.45, 2.75) is 38.5 Å². The number of hydrogen-bond donors (Lipinski definition) is 2. The van der Waals surface area contributed by atoms with Crippen molar-refractivity contribution in [3.05, 3.63) is 58.4 Å². The van der Waals surface area contributed by atoms with E-state index in [-0.39, 0.29) is 27.5 Å². The third-order valence-corrected chi connectivity index (χ3v) is 7.83. The Labute approximate surface area is 238 Å². The molecule has 3 aromatic heterocycles. The summed E-state index contributed by atoms with van der Waals surface area (Å²) in [6.07, 6.45) is 2.76. The van der Waals surface area contributed by atoms with Crippen molar-refractivity contribution in [2.24, 2.45) is 0 Å². The van der Waals surface area contributed by atoms with E-state index in [2.05, 4.69) is 31.4 Å². The summed E-state index contributed by atoms with van der Waals surface area (Å²) < 4.78 is 52.6. The van der Waals surface area contributed by atoms with Crippen molar-refractivity contribution in [3.63, 3.8) is 0 Å². The van der Waals surface area contributed by atoms with E-state index in [9.17, 15) is 18.0 Å². The Balaban J connectivity index is 1.45. The summed E-state index contributed by atoms with van der Waals surface area (Å²) >= 11 is 0.831. The molecule has 1 fully saturated rings. The molecule has 1 aromatic carbocycles. The van der Waals surface area contributed by atoms with Crippen molar-refractivity contribution in [1.82, 2.24) is 20.2 Å². The number of benzene rings is 1. The van der Waals surface area contributed by atoms with Crippen molar-refractivity contribution in [2.75, 3.05) is 32.1 Å². The number of methoxy groups -OCH3 is 1. The number of nitrogens with zero attached hydrogens (tertiary/aromatic N) is 3. The summed E-state index contributed by atoms with van der Waals surface area (Å²) in [6.45, 7) is 4.60. The van der Waals surface area contributed by atoms with Crippen molar-refractivity contribution in [3.8, 4) is 29.4 Å². The molecule has 41 heavy (non-hydrogen) atoms. The van der Waals surface area contributed by atoms with Gasteiger partial charge in [0.25, 0.3) is 5.91 Å². The molecule has 1 aliphatic heterocycles. The number of nitrogens with one attached hydrogen (secondary N) is 2. The second-order valence-electron chi connectivity index (χ2n) is 9.68. The Morgan fingerprint density at radius 3 is 2.71 bits per heavy atom. The summed E-state index contributed by atoms with van der Waals surface area (Å²) in [5, 5.41) is 5.83. The maximum absolute atomic E-state index is 13.6. The molecule has 8 nitrogen and oxygen atoms in total. The van der Waals surface area contributed by atoms with Gasteiger partial charge in [-0.25, -0.2) is 9.97 Å². The zero-order valence-corrected chi connectivity index (χ0v) is 23.3. The number of hydrogen-bond acceptors (Lipinski definition) is 8. The van der Waals surface area contributed by atoms with Crippen LogP contribution in [0.15, 0.2) is 40.8 Å². The van der Waals surface area contributed by atoms with Crippen molar-refractivity contribution in [1.29, 1.82) is 0 Å². The van der Waals surface area contributed by atoms with E-state index in [4.69, 9.17) is 15.6 Å². The molecule has 1 atom stereocenters. The van der Waals surface area contributed by atoms with Crippen LogP contribution in [0.2, 0.25) is 0 Å². The molecule has 1 aliphatic rings. The zero-order chi connectivity index (χ0) is 29.1. The molecule has 0 saturated carbocycles. The van der Waals surface area contributed by atoms with E-state index in [1.165, 1.54) is 18.9 Å².